The van der Waals surface area contributed by atoms with E-state index in [1.807, 2.05) is 48.5 Å². The summed E-state index contributed by atoms with van der Waals surface area (Å²) in [5, 5.41) is 0.621. The first kappa shape index (κ1) is 15.1. The molecule has 2 aromatic carbocycles. The molecule has 0 aliphatic rings. The van der Waals surface area contributed by atoms with Gasteiger partial charge in [-0.1, -0.05) is 60.1 Å². The molecular formula is C16H16ClN3O. The van der Waals surface area contributed by atoms with E-state index in [4.69, 9.17) is 23.1 Å². The lowest BCUT2D eigenvalue weighted by Gasteiger charge is -2.15. The lowest BCUT2D eigenvalue weighted by atomic mass is 9.91. The Morgan fingerprint density at radius 2 is 1.67 bits per heavy atom. The van der Waals surface area contributed by atoms with E-state index in [2.05, 4.69) is 4.99 Å². The first-order chi connectivity index (χ1) is 10.1. The van der Waals surface area contributed by atoms with E-state index in [1.165, 1.54) is 0 Å². The van der Waals surface area contributed by atoms with Gasteiger partial charge < -0.3 is 11.5 Å². The first-order valence-corrected chi connectivity index (χ1v) is 6.87. The molecular weight excluding hydrogens is 286 g/mol. The van der Waals surface area contributed by atoms with Gasteiger partial charge in [0, 0.05) is 5.02 Å². The Balaban J connectivity index is 2.35. The van der Waals surface area contributed by atoms with Crippen molar-refractivity contribution in [3.05, 3.63) is 70.7 Å². The summed E-state index contributed by atoms with van der Waals surface area (Å²) in [6.45, 7) is 0. The highest BCUT2D eigenvalue weighted by Gasteiger charge is 2.21. The fourth-order valence-electron chi connectivity index (χ4n) is 2.12. The second-order valence-corrected chi connectivity index (χ2v) is 5.04. The third kappa shape index (κ3) is 4.07. The smallest absolute Gasteiger partial charge is 0.256 e. The molecule has 0 radical (unpaired) electrons. The summed E-state index contributed by atoms with van der Waals surface area (Å²) in [6, 6.07) is 16.8. The molecule has 1 amide bonds. The van der Waals surface area contributed by atoms with Crippen LogP contribution in [0.2, 0.25) is 5.02 Å². The Labute approximate surface area is 128 Å². The average molecular weight is 302 g/mol. The standard InChI is InChI=1S/C16H16ClN3O/c17-14-9-5-4-8-12(14)10-13(15(21)20-16(18)19)11-6-2-1-3-7-11/h1-9,13H,10H2,(H4,18,19,20,21)/t13-/m0/s1. The number of halogens is 1. The molecule has 0 aliphatic carbocycles. The van der Waals surface area contributed by atoms with E-state index in [-0.39, 0.29) is 11.9 Å². The van der Waals surface area contributed by atoms with Gasteiger partial charge in [-0.15, -0.1) is 0 Å². The maximum Gasteiger partial charge on any atom is 0.256 e. The van der Waals surface area contributed by atoms with Crippen LogP contribution in [0.15, 0.2) is 59.6 Å². The summed E-state index contributed by atoms with van der Waals surface area (Å²) in [4.78, 5) is 15.9. The fourth-order valence-corrected chi connectivity index (χ4v) is 2.33. The second-order valence-electron chi connectivity index (χ2n) is 4.63. The van der Waals surface area contributed by atoms with Crippen molar-refractivity contribution in [2.75, 3.05) is 0 Å². The van der Waals surface area contributed by atoms with Crippen LogP contribution >= 0.6 is 11.6 Å². The molecule has 4 nitrogen and oxygen atoms in total. The largest absolute Gasteiger partial charge is 0.370 e. The number of aliphatic imine (C=N–C) groups is 1. The highest BCUT2D eigenvalue weighted by atomic mass is 35.5. The van der Waals surface area contributed by atoms with Crippen molar-refractivity contribution < 1.29 is 4.79 Å². The van der Waals surface area contributed by atoms with Crippen molar-refractivity contribution in [1.82, 2.24) is 0 Å². The van der Waals surface area contributed by atoms with Crippen LogP contribution in [-0.2, 0) is 11.2 Å². The number of nitrogens with zero attached hydrogens (tertiary/aromatic N) is 1. The third-order valence-corrected chi connectivity index (χ3v) is 3.49. The van der Waals surface area contributed by atoms with Crippen molar-refractivity contribution in [2.24, 2.45) is 16.5 Å². The van der Waals surface area contributed by atoms with Crippen molar-refractivity contribution in [3.63, 3.8) is 0 Å². The molecule has 4 N–H and O–H groups in total. The molecule has 1 atom stereocenters. The van der Waals surface area contributed by atoms with Gasteiger partial charge in [0.15, 0.2) is 5.96 Å². The number of carbonyl (C=O) groups excluding carboxylic acids is 1. The molecule has 2 rings (SSSR count). The molecule has 0 heterocycles. The van der Waals surface area contributed by atoms with Gasteiger partial charge in [-0.25, -0.2) is 0 Å². The highest BCUT2D eigenvalue weighted by Crippen LogP contribution is 2.26. The van der Waals surface area contributed by atoms with Crippen molar-refractivity contribution >= 4 is 23.5 Å². The normalized spacial score (nSPS) is 11.7. The maximum absolute atomic E-state index is 12.3. The number of amides is 1. The Morgan fingerprint density at radius 1 is 1.05 bits per heavy atom. The van der Waals surface area contributed by atoms with Gasteiger partial charge in [-0.2, -0.15) is 4.99 Å². The van der Waals surface area contributed by atoms with Crippen LogP contribution in [0.5, 0.6) is 0 Å². The zero-order valence-corrected chi connectivity index (χ0v) is 12.1. The average Bonchev–Trinajstić information content (AvgIpc) is 2.46. The van der Waals surface area contributed by atoms with E-state index in [0.717, 1.165) is 11.1 Å². The van der Waals surface area contributed by atoms with Crippen LogP contribution < -0.4 is 11.5 Å². The summed E-state index contributed by atoms with van der Waals surface area (Å²) in [6.07, 6.45) is 0.444. The molecule has 108 valence electrons. The van der Waals surface area contributed by atoms with Crippen LogP contribution in [0.1, 0.15) is 17.0 Å². The molecule has 0 saturated carbocycles. The molecule has 0 aromatic heterocycles. The number of benzene rings is 2. The summed E-state index contributed by atoms with van der Waals surface area (Å²) in [7, 11) is 0. The third-order valence-electron chi connectivity index (χ3n) is 3.12. The van der Waals surface area contributed by atoms with Gasteiger partial charge in [0.05, 0.1) is 5.92 Å². The molecule has 5 heteroatoms. The maximum atomic E-state index is 12.3. The molecule has 0 bridgehead atoms. The van der Waals surface area contributed by atoms with Crippen molar-refractivity contribution in [2.45, 2.75) is 12.3 Å². The lowest BCUT2D eigenvalue weighted by Crippen LogP contribution is -2.26. The number of carbonyl (C=O) groups is 1. The number of rotatable bonds is 4. The van der Waals surface area contributed by atoms with E-state index in [0.29, 0.717) is 11.4 Å². The molecule has 0 unspecified atom stereocenters. The Morgan fingerprint density at radius 3 is 2.29 bits per heavy atom. The predicted molar refractivity (Wildman–Crippen MR) is 85.2 cm³/mol. The molecule has 0 spiro atoms. The van der Waals surface area contributed by atoms with Gasteiger partial charge in [0.25, 0.3) is 5.91 Å². The van der Waals surface area contributed by atoms with E-state index < -0.39 is 5.92 Å². The predicted octanol–water partition coefficient (Wildman–Crippen LogP) is 2.47. The lowest BCUT2D eigenvalue weighted by molar-refractivity contribution is -0.119. The molecule has 0 aliphatic heterocycles. The second kappa shape index (κ2) is 6.90. The SMILES string of the molecule is NC(N)=NC(=O)[C@@H](Cc1ccccc1Cl)c1ccccc1. The van der Waals surface area contributed by atoms with Crippen LogP contribution in [0.3, 0.4) is 0 Å². The van der Waals surface area contributed by atoms with Crippen molar-refractivity contribution in [1.29, 1.82) is 0 Å². The van der Waals surface area contributed by atoms with Crippen molar-refractivity contribution in [3.8, 4) is 0 Å². The number of hydrogen-bond acceptors (Lipinski definition) is 1. The van der Waals surface area contributed by atoms with Gasteiger partial charge in [0.1, 0.15) is 0 Å². The monoisotopic (exact) mass is 301 g/mol. The molecule has 21 heavy (non-hydrogen) atoms. The summed E-state index contributed by atoms with van der Waals surface area (Å²) < 4.78 is 0. The van der Waals surface area contributed by atoms with E-state index >= 15 is 0 Å². The molecule has 0 fully saturated rings. The summed E-state index contributed by atoms with van der Waals surface area (Å²) >= 11 is 6.17. The highest BCUT2D eigenvalue weighted by molar-refractivity contribution is 6.31. The van der Waals surface area contributed by atoms with E-state index in [9.17, 15) is 4.79 Å². The number of nitrogens with two attached hydrogens (primary N) is 2. The Bertz CT molecular complexity index is 652. The minimum absolute atomic E-state index is 0.236. The quantitative estimate of drug-likeness (QED) is 0.672. The molecule has 0 saturated heterocycles. The van der Waals surface area contributed by atoms with E-state index in [1.54, 1.807) is 6.07 Å². The number of guanidine groups is 1. The first-order valence-electron chi connectivity index (χ1n) is 6.49. The van der Waals surface area contributed by atoms with Crippen LogP contribution in [0, 0.1) is 0 Å². The van der Waals surface area contributed by atoms with Crippen LogP contribution in [0.25, 0.3) is 0 Å². The number of hydrogen-bond donors (Lipinski definition) is 2. The fraction of sp³-hybridized carbons (Fsp3) is 0.125. The van der Waals surface area contributed by atoms with Crippen LogP contribution in [-0.4, -0.2) is 11.9 Å². The van der Waals surface area contributed by atoms with Gasteiger partial charge in [-0.05, 0) is 23.6 Å². The Hall–Kier alpha value is -2.33. The minimum Gasteiger partial charge on any atom is -0.370 e. The zero-order chi connectivity index (χ0) is 15.2. The van der Waals surface area contributed by atoms with Gasteiger partial charge in [0.2, 0.25) is 0 Å². The zero-order valence-electron chi connectivity index (χ0n) is 11.4. The van der Waals surface area contributed by atoms with Gasteiger partial charge >= 0.3 is 0 Å². The summed E-state index contributed by atoms with van der Waals surface area (Å²) in [5.74, 6) is -1.07. The topological polar surface area (TPSA) is 81.5 Å². The molecule has 2 aromatic rings. The Kier molecular flexibility index (Phi) is 4.95. The minimum atomic E-state index is -0.465. The van der Waals surface area contributed by atoms with Crippen LogP contribution in [0.4, 0.5) is 0 Å². The summed E-state index contributed by atoms with van der Waals surface area (Å²) in [5.41, 5.74) is 12.4. The van der Waals surface area contributed by atoms with Gasteiger partial charge in [-0.3, -0.25) is 4.79 Å².